The van der Waals surface area contributed by atoms with Crippen molar-refractivity contribution >= 4 is 29.6 Å². The second kappa shape index (κ2) is 6.02. The first-order valence-electron chi connectivity index (χ1n) is 5.28. The minimum atomic E-state index is -0.770. The molecule has 17 heavy (non-hydrogen) atoms. The summed E-state index contributed by atoms with van der Waals surface area (Å²) in [6.07, 6.45) is 0.393. The summed E-state index contributed by atoms with van der Waals surface area (Å²) < 4.78 is 0. The maximum absolute atomic E-state index is 11.8. The number of amides is 4. The van der Waals surface area contributed by atoms with Crippen molar-refractivity contribution in [2.75, 3.05) is 32.2 Å². The third-order valence-electron chi connectivity index (χ3n) is 2.62. The largest absolute Gasteiger partial charge is 0.396 e. The van der Waals surface area contributed by atoms with E-state index in [-0.39, 0.29) is 6.61 Å². The summed E-state index contributed by atoms with van der Waals surface area (Å²) in [7, 11) is 2.75. The third kappa shape index (κ3) is 2.98. The van der Waals surface area contributed by atoms with Crippen LogP contribution in [0, 0.1) is 5.92 Å². The lowest BCUT2D eigenvalue weighted by atomic mass is 10.0. The first kappa shape index (κ1) is 14.0. The summed E-state index contributed by atoms with van der Waals surface area (Å²) >= 11 is 1.48. The topological polar surface area (TPSA) is 77.9 Å². The standard InChI is InChI=1S/C10H16N2O4S/c1-11-8(14)7(3-5-17-6-4-13)9(15)12(2)10(11)16/h7,13H,3-6H2,1-2H3. The average molecular weight is 260 g/mol. The van der Waals surface area contributed by atoms with E-state index >= 15 is 0 Å². The number of imide groups is 2. The van der Waals surface area contributed by atoms with E-state index in [0.29, 0.717) is 17.9 Å². The number of carbonyl (C=O) groups excluding carboxylic acids is 3. The fraction of sp³-hybridized carbons (Fsp3) is 0.700. The highest BCUT2D eigenvalue weighted by atomic mass is 32.2. The zero-order valence-electron chi connectivity index (χ0n) is 9.88. The summed E-state index contributed by atoms with van der Waals surface area (Å²) in [5.74, 6) is -0.461. The minimum Gasteiger partial charge on any atom is -0.396 e. The van der Waals surface area contributed by atoms with Crippen LogP contribution in [0.1, 0.15) is 6.42 Å². The Bertz CT molecular complexity index is 310. The lowest BCUT2D eigenvalue weighted by Gasteiger charge is -2.32. The Balaban J connectivity index is 2.60. The van der Waals surface area contributed by atoms with E-state index in [1.165, 1.54) is 25.9 Å². The molecule has 0 atom stereocenters. The van der Waals surface area contributed by atoms with Crippen molar-refractivity contribution in [1.82, 2.24) is 9.80 Å². The van der Waals surface area contributed by atoms with E-state index in [4.69, 9.17) is 5.11 Å². The van der Waals surface area contributed by atoms with Crippen molar-refractivity contribution in [1.29, 1.82) is 0 Å². The van der Waals surface area contributed by atoms with Gasteiger partial charge >= 0.3 is 6.03 Å². The van der Waals surface area contributed by atoms with Gasteiger partial charge in [0.25, 0.3) is 0 Å². The second-order valence-corrected chi connectivity index (χ2v) is 4.98. The fourth-order valence-electron chi connectivity index (χ4n) is 1.60. The molecule has 1 heterocycles. The predicted octanol–water partition coefficient (Wildman–Crippen LogP) is -0.231. The zero-order chi connectivity index (χ0) is 13.0. The number of urea groups is 1. The van der Waals surface area contributed by atoms with E-state index in [9.17, 15) is 14.4 Å². The van der Waals surface area contributed by atoms with Crippen molar-refractivity contribution in [2.45, 2.75) is 6.42 Å². The Kier molecular flexibility index (Phi) is 4.95. The van der Waals surface area contributed by atoms with Gasteiger partial charge < -0.3 is 5.11 Å². The Labute approximate surface area is 104 Å². The van der Waals surface area contributed by atoms with Crippen LogP contribution in [-0.4, -0.2) is 65.0 Å². The molecule has 4 amide bonds. The highest BCUT2D eigenvalue weighted by molar-refractivity contribution is 7.99. The molecule has 1 aliphatic heterocycles. The molecule has 0 aliphatic carbocycles. The van der Waals surface area contributed by atoms with Gasteiger partial charge in [-0.3, -0.25) is 19.4 Å². The van der Waals surface area contributed by atoms with Gasteiger partial charge in [0.05, 0.1) is 6.61 Å². The summed E-state index contributed by atoms with van der Waals surface area (Å²) in [6, 6.07) is -0.584. The van der Waals surface area contributed by atoms with Gasteiger partial charge in [0.2, 0.25) is 11.8 Å². The van der Waals surface area contributed by atoms with Gasteiger partial charge in [0.15, 0.2) is 0 Å². The van der Waals surface area contributed by atoms with Gasteiger partial charge in [0, 0.05) is 19.8 Å². The molecule has 6 nitrogen and oxygen atoms in total. The van der Waals surface area contributed by atoms with Gasteiger partial charge in [-0.05, 0) is 12.2 Å². The SMILES string of the molecule is CN1C(=O)C(CCSCCO)C(=O)N(C)C1=O. The van der Waals surface area contributed by atoms with Gasteiger partial charge in [-0.15, -0.1) is 0 Å². The molecule has 0 unspecified atom stereocenters. The van der Waals surface area contributed by atoms with Crippen molar-refractivity contribution in [3.8, 4) is 0 Å². The molecule has 0 aromatic carbocycles. The van der Waals surface area contributed by atoms with Crippen LogP contribution in [0.3, 0.4) is 0 Å². The summed E-state index contributed by atoms with van der Waals surface area (Å²) in [5.41, 5.74) is 0. The van der Waals surface area contributed by atoms with Crippen LogP contribution in [-0.2, 0) is 9.59 Å². The van der Waals surface area contributed by atoms with Crippen LogP contribution in [0.2, 0.25) is 0 Å². The summed E-state index contributed by atoms with van der Waals surface area (Å²) in [6.45, 7) is 0.0789. The monoisotopic (exact) mass is 260 g/mol. The van der Waals surface area contributed by atoms with E-state index in [1.807, 2.05) is 0 Å². The van der Waals surface area contributed by atoms with Crippen LogP contribution < -0.4 is 0 Å². The Morgan fingerprint density at radius 1 is 1.12 bits per heavy atom. The first-order chi connectivity index (χ1) is 8.00. The number of nitrogens with zero attached hydrogens (tertiary/aromatic N) is 2. The lowest BCUT2D eigenvalue weighted by molar-refractivity contribution is -0.147. The molecule has 0 saturated carbocycles. The number of carbonyl (C=O) groups is 3. The number of aliphatic hydroxyl groups is 1. The van der Waals surface area contributed by atoms with E-state index in [2.05, 4.69) is 0 Å². The molecule has 0 radical (unpaired) electrons. The minimum absolute atomic E-state index is 0.0789. The molecular formula is C10H16N2O4S. The molecule has 0 aromatic rings. The molecule has 1 saturated heterocycles. The molecule has 0 spiro atoms. The molecule has 0 aromatic heterocycles. The number of barbiturate groups is 1. The molecular weight excluding hydrogens is 244 g/mol. The highest BCUT2D eigenvalue weighted by Crippen LogP contribution is 2.20. The first-order valence-corrected chi connectivity index (χ1v) is 6.44. The molecule has 96 valence electrons. The third-order valence-corrected chi connectivity index (χ3v) is 3.61. The second-order valence-electron chi connectivity index (χ2n) is 3.75. The maximum atomic E-state index is 11.8. The van der Waals surface area contributed by atoms with E-state index in [0.717, 1.165) is 9.80 Å². The number of hydrogen-bond acceptors (Lipinski definition) is 5. The average Bonchev–Trinajstić information content (AvgIpc) is 2.33. The van der Waals surface area contributed by atoms with Crippen molar-refractivity contribution < 1.29 is 19.5 Å². The van der Waals surface area contributed by atoms with Crippen LogP contribution in [0.15, 0.2) is 0 Å². The number of thioether (sulfide) groups is 1. The Morgan fingerprint density at radius 2 is 1.65 bits per heavy atom. The van der Waals surface area contributed by atoms with Crippen molar-refractivity contribution in [2.24, 2.45) is 5.92 Å². The van der Waals surface area contributed by atoms with E-state index < -0.39 is 23.8 Å². The maximum Gasteiger partial charge on any atom is 0.332 e. The van der Waals surface area contributed by atoms with Crippen molar-refractivity contribution in [3.05, 3.63) is 0 Å². The van der Waals surface area contributed by atoms with E-state index in [1.54, 1.807) is 0 Å². The van der Waals surface area contributed by atoms with Gasteiger partial charge in [0.1, 0.15) is 5.92 Å². The fourth-order valence-corrected chi connectivity index (χ4v) is 2.34. The van der Waals surface area contributed by atoms with Crippen LogP contribution >= 0.6 is 11.8 Å². The lowest BCUT2D eigenvalue weighted by Crippen LogP contribution is -2.56. The summed E-state index contributed by atoms with van der Waals surface area (Å²) in [4.78, 5) is 36.9. The number of aliphatic hydroxyl groups excluding tert-OH is 1. The number of rotatable bonds is 5. The molecule has 1 N–H and O–H groups in total. The molecule has 1 rings (SSSR count). The van der Waals surface area contributed by atoms with Gasteiger partial charge in [-0.1, -0.05) is 0 Å². The molecule has 1 aliphatic rings. The summed E-state index contributed by atoms with van der Waals surface area (Å²) in [5, 5.41) is 8.61. The quantitative estimate of drug-likeness (QED) is 0.545. The van der Waals surface area contributed by atoms with Gasteiger partial charge in [-0.2, -0.15) is 11.8 Å². The predicted molar refractivity (Wildman–Crippen MR) is 63.5 cm³/mol. The smallest absolute Gasteiger partial charge is 0.332 e. The van der Waals surface area contributed by atoms with Crippen LogP contribution in [0.25, 0.3) is 0 Å². The number of hydrogen-bond donors (Lipinski definition) is 1. The normalized spacial score (nSPS) is 18.2. The van der Waals surface area contributed by atoms with Crippen molar-refractivity contribution in [3.63, 3.8) is 0 Å². The van der Waals surface area contributed by atoms with Crippen LogP contribution in [0.4, 0.5) is 4.79 Å². The van der Waals surface area contributed by atoms with Crippen LogP contribution in [0.5, 0.6) is 0 Å². The zero-order valence-corrected chi connectivity index (χ0v) is 10.7. The molecule has 7 heteroatoms. The molecule has 1 fully saturated rings. The highest BCUT2D eigenvalue weighted by Gasteiger charge is 2.41. The molecule has 0 bridgehead atoms. The van der Waals surface area contributed by atoms with Gasteiger partial charge in [-0.25, -0.2) is 4.79 Å². The Morgan fingerprint density at radius 3 is 2.12 bits per heavy atom. The Hall–Kier alpha value is -1.08.